The number of carboxylic acid groups (broad SMARTS) is 1. The van der Waals surface area contributed by atoms with Gasteiger partial charge in [-0.05, 0) is 5.75 Å². The average molecular weight is 185 g/mol. The fourth-order valence-corrected chi connectivity index (χ4v) is 1.07. The molecule has 0 aliphatic carbocycles. The van der Waals surface area contributed by atoms with E-state index in [2.05, 4.69) is 5.73 Å². The summed E-state index contributed by atoms with van der Waals surface area (Å²) in [7, 11) is 0. The van der Waals surface area contributed by atoms with Crippen LogP contribution in [0, 0.1) is 0 Å². The number of carbonyl (C=O) groups is 1. The molecule has 1 aromatic rings. The summed E-state index contributed by atoms with van der Waals surface area (Å²) in [6.45, 7) is 0. The Kier molecular flexibility index (Phi) is 2.16. The third-order valence-corrected chi connectivity index (χ3v) is 1.73. The van der Waals surface area contributed by atoms with Gasteiger partial charge in [0.05, 0.1) is 5.56 Å². The Hall–Kier alpha value is -1.69. The number of quaternary nitrogens is 1. The SMILES string of the molecule is [NH3+]C(CC(=O)O)c1c([O-])c(=O)c1=O. The van der Waals surface area contributed by atoms with Gasteiger partial charge in [0.2, 0.25) is 10.9 Å². The second-order valence-electron chi connectivity index (χ2n) is 2.70. The molecular formula is C7H7NO5. The Balaban J connectivity index is 2.92. The topological polar surface area (TPSA) is 122 Å². The van der Waals surface area contributed by atoms with Gasteiger partial charge >= 0.3 is 5.97 Å². The van der Waals surface area contributed by atoms with E-state index in [1.54, 1.807) is 0 Å². The largest absolute Gasteiger partial charge is 0.869 e. The molecule has 0 aromatic heterocycles. The Morgan fingerprint density at radius 3 is 2.38 bits per heavy atom. The van der Waals surface area contributed by atoms with E-state index in [9.17, 15) is 19.5 Å². The number of hydrogen-bond acceptors (Lipinski definition) is 4. The second kappa shape index (κ2) is 2.98. The van der Waals surface area contributed by atoms with Gasteiger partial charge in [-0.1, -0.05) is 0 Å². The molecule has 0 radical (unpaired) electrons. The quantitative estimate of drug-likeness (QED) is 0.489. The Bertz CT molecular complexity index is 414. The minimum atomic E-state index is -1.16. The van der Waals surface area contributed by atoms with Crippen LogP contribution < -0.4 is 21.7 Å². The number of rotatable bonds is 3. The van der Waals surface area contributed by atoms with Crippen LogP contribution in [0.1, 0.15) is 18.0 Å². The maximum Gasteiger partial charge on any atom is 0.309 e. The Morgan fingerprint density at radius 1 is 1.46 bits per heavy atom. The van der Waals surface area contributed by atoms with E-state index >= 15 is 0 Å². The highest BCUT2D eigenvalue weighted by atomic mass is 16.4. The number of carboxylic acids is 1. The molecule has 1 aromatic carbocycles. The molecule has 13 heavy (non-hydrogen) atoms. The smallest absolute Gasteiger partial charge is 0.309 e. The standard InChI is InChI=1S/C7H7NO5/c8-2(1-3(9)10)4-5(11)7(13)6(4)12/h2,11H,1,8H2,(H,9,10). The molecule has 6 heteroatoms. The first-order valence-corrected chi connectivity index (χ1v) is 3.50. The first-order valence-electron chi connectivity index (χ1n) is 3.50. The third kappa shape index (κ3) is 1.43. The maximum atomic E-state index is 10.8. The molecule has 0 heterocycles. The number of hydrogen-bond donors (Lipinski definition) is 2. The van der Waals surface area contributed by atoms with Crippen LogP contribution in [0.25, 0.3) is 0 Å². The van der Waals surface area contributed by atoms with Gasteiger partial charge in [-0.2, -0.15) is 0 Å². The minimum absolute atomic E-state index is 0.285. The van der Waals surface area contributed by atoms with Gasteiger partial charge in [-0.15, -0.1) is 0 Å². The molecule has 0 saturated carbocycles. The van der Waals surface area contributed by atoms with Crippen molar-refractivity contribution in [3.63, 3.8) is 0 Å². The van der Waals surface area contributed by atoms with Crippen molar-refractivity contribution >= 4 is 5.97 Å². The molecule has 6 nitrogen and oxygen atoms in total. The van der Waals surface area contributed by atoms with Crippen molar-refractivity contribution in [1.29, 1.82) is 0 Å². The van der Waals surface area contributed by atoms with E-state index < -0.39 is 35.0 Å². The molecule has 1 rings (SSSR count). The zero-order valence-corrected chi connectivity index (χ0v) is 6.57. The van der Waals surface area contributed by atoms with Crippen LogP contribution >= 0.6 is 0 Å². The average Bonchev–Trinajstić information content (AvgIpc) is 2.02. The summed E-state index contributed by atoms with van der Waals surface area (Å²) in [6, 6.07) is -0.921. The van der Waals surface area contributed by atoms with Crippen molar-refractivity contribution in [2.45, 2.75) is 12.5 Å². The summed E-state index contributed by atoms with van der Waals surface area (Å²) in [4.78, 5) is 31.4. The van der Waals surface area contributed by atoms with E-state index in [-0.39, 0.29) is 5.56 Å². The molecule has 70 valence electrons. The zero-order valence-electron chi connectivity index (χ0n) is 6.57. The fraction of sp³-hybridized carbons (Fsp3) is 0.286. The summed E-state index contributed by atoms with van der Waals surface area (Å²) >= 11 is 0. The van der Waals surface area contributed by atoms with Gasteiger partial charge in [0.1, 0.15) is 12.5 Å². The third-order valence-electron chi connectivity index (χ3n) is 1.73. The van der Waals surface area contributed by atoms with Crippen molar-refractivity contribution in [1.82, 2.24) is 0 Å². The lowest BCUT2D eigenvalue weighted by Gasteiger charge is -2.16. The second-order valence-corrected chi connectivity index (χ2v) is 2.70. The highest BCUT2D eigenvalue weighted by Gasteiger charge is 2.24. The molecule has 0 amide bonds. The van der Waals surface area contributed by atoms with E-state index in [1.807, 2.05) is 0 Å². The molecule has 0 spiro atoms. The molecule has 0 aliphatic rings. The monoisotopic (exact) mass is 185 g/mol. The van der Waals surface area contributed by atoms with Gasteiger partial charge in [-0.3, -0.25) is 14.4 Å². The van der Waals surface area contributed by atoms with Crippen LogP contribution in [-0.4, -0.2) is 11.1 Å². The lowest BCUT2D eigenvalue weighted by Crippen LogP contribution is -2.59. The van der Waals surface area contributed by atoms with Gasteiger partial charge in [0.25, 0.3) is 0 Å². The summed E-state index contributed by atoms with van der Waals surface area (Å²) < 4.78 is 0. The Morgan fingerprint density at radius 2 is 2.00 bits per heavy atom. The van der Waals surface area contributed by atoms with Crippen LogP contribution in [-0.2, 0) is 4.79 Å². The van der Waals surface area contributed by atoms with Crippen molar-refractivity contribution < 1.29 is 20.7 Å². The van der Waals surface area contributed by atoms with Crippen molar-refractivity contribution in [2.24, 2.45) is 0 Å². The fourth-order valence-electron chi connectivity index (χ4n) is 1.07. The predicted octanol–water partition coefficient (Wildman–Crippen LogP) is -2.89. The van der Waals surface area contributed by atoms with Gasteiger partial charge in [-0.25, -0.2) is 0 Å². The number of aliphatic carboxylic acids is 1. The summed E-state index contributed by atoms with van der Waals surface area (Å²) in [5.74, 6) is -2.06. The van der Waals surface area contributed by atoms with Crippen molar-refractivity contribution in [3.05, 3.63) is 26.0 Å². The predicted molar refractivity (Wildman–Crippen MR) is 38.7 cm³/mol. The highest BCUT2D eigenvalue weighted by Crippen LogP contribution is 2.14. The summed E-state index contributed by atoms with van der Waals surface area (Å²) in [5, 5.41) is 19.1. The lowest BCUT2D eigenvalue weighted by atomic mass is 9.99. The first kappa shape index (κ1) is 9.40. The molecule has 1 atom stereocenters. The van der Waals surface area contributed by atoms with Crippen LogP contribution in [0.3, 0.4) is 0 Å². The van der Waals surface area contributed by atoms with Gasteiger partial charge < -0.3 is 15.9 Å². The maximum absolute atomic E-state index is 10.8. The lowest BCUT2D eigenvalue weighted by molar-refractivity contribution is -0.428. The van der Waals surface area contributed by atoms with Crippen LogP contribution in [0.2, 0.25) is 0 Å². The molecule has 0 aliphatic heterocycles. The normalized spacial score (nSPS) is 13.0. The van der Waals surface area contributed by atoms with Crippen molar-refractivity contribution in [2.75, 3.05) is 0 Å². The molecular weight excluding hydrogens is 178 g/mol. The molecule has 1 unspecified atom stereocenters. The van der Waals surface area contributed by atoms with Crippen molar-refractivity contribution in [3.8, 4) is 5.75 Å². The molecule has 4 N–H and O–H groups in total. The van der Waals surface area contributed by atoms with E-state index in [4.69, 9.17) is 5.11 Å². The zero-order chi connectivity index (χ0) is 10.2. The van der Waals surface area contributed by atoms with Gasteiger partial charge in [0.15, 0.2) is 0 Å². The molecule has 0 fully saturated rings. The van der Waals surface area contributed by atoms with Gasteiger partial charge in [0, 0.05) is 0 Å². The Labute approximate surface area is 71.9 Å². The molecule has 0 saturated heterocycles. The van der Waals surface area contributed by atoms with Crippen LogP contribution in [0.15, 0.2) is 9.59 Å². The van der Waals surface area contributed by atoms with E-state index in [1.165, 1.54) is 0 Å². The van der Waals surface area contributed by atoms with Crippen LogP contribution in [0.5, 0.6) is 5.75 Å². The summed E-state index contributed by atoms with van der Waals surface area (Å²) in [5.41, 5.74) is 1.07. The van der Waals surface area contributed by atoms with E-state index in [0.717, 1.165) is 0 Å². The first-order chi connectivity index (χ1) is 5.95. The minimum Gasteiger partial charge on any atom is -0.869 e. The molecule has 0 bridgehead atoms. The van der Waals surface area contributed by atoms with E-state index in [0.29, 0.717) is 0 Å². The summed E-state index contributed by atoms with van der Waals surface area (Å²) in [6.07, 6.45) is -0.417. The van der Waals surface area contributed by atoms with Crippen LogP contribution in [0.4, 0.5) is 0 Å². The highest BCUT2D eigenvalue weighted by molar-refractivity contribution is 5.68.